The summed E-state index contributed by atoms with van der Waals surface area (Å²) in [6, 6.07) is 10.6. The fourth-order valence-corrected chi connectivity index (χ4v) is 4.12. The Morgan fingerprint density at radius 3 is 3.14 bits per heavy atom. The van der Waals surface area contributed by atoms with Crippen LogP contribution in [-0.2, 0) is 6.42 Å². The maximum atomic E-state index is 6.05. The molecule has 3 aromatic rings. The summed E-state index contributed by atoms with van der Waals surface area (Å²) in [6.07, 6.45) is 5.45. The maximum absolute atomic E-state index is 6.05. The third-order valence-corrected chi connectivity index (χ3v) is 5.18. The van der Waals surface area contributed by atoms with Crippen molar-refractivity contribution in [2.75, 3.05) is 11.1 Å². The van der Waals surface area contributed by atoms with Crippen LogP contribution >= 0.6 is 11.3 Å². The summed E-state index contributed by atoms with van der Waals surface area (Å²) in [5, 5.41) is 6.90. The summed E-state index contributed by atoms with van der Waals surface area (Å²) in [5.74, 6) is 0. The zero-order valence-electron chi connectivity index (χ0n) is 11.7. The Morgan fingerprint density at radius 2 is 2.19 bits per heavy atom. The minimum Gasteiger partial charge on any atom is -0.398 e. The zero-order valence-corrected chi connectivity index (χ0v) is 12.5. The monoisotopic (exact) mass is 295 g/mol. The van der Waals surface area contributed by atoms with E-state index in [-0.39, 0.29) is 0 Å². The standard InChI is InChI=1S/C17H17N3S/c18-13-6-7-15(17-11(13)3-2-9-19-17)20-14-4-1-5-16-12(14)8-10-21-16/h2-3,6-10,14,20H,1,4-5,18H2. The van der Waals surface area contributed by atoms with E-state index in [0.717, 1.165) is 22.3 Å². The Bertz CT molecular complexity index is 794. The average molecular weight is 295 g/mol. The Hall–Kier alpha value is -2.07. The minimum absolute atomic E-state index is 0.383. The minimum atomic E-state index is 0.383. The summed E-state index contributed by atoms with van der Waals surface area (Å²) in [4.78, 5) is 6.03. The molecule has 0 radical (unpaired) electrons. The molecule has 0 saturated heterocycles. The van der Waals surface area contributed by atoms with Crippen LogP contribution in [0.2, 0.25) is 0 Å². The summed E-state index contributed by atoms with van der Waals surface area (Å²) >= 11 is 1.87. The molecule has 21 heavy (non-hydrogen) atoms. The molecule has 3 nitrogen and oxygen atoms in total. The van der Waals surface area contributed by atoms with Crippen LogP contribution in [0, 0.1) is 0 Å². The molecule has 0 saturated carbocycles. The highest BCUT2D eigenvalue weighted by atomic mass is 32.1. The normalized spacial score (nSPS) is 17.6. The number of benzene rings is 1. The molecule has 4 rings (SSSR count). The van der Waals surface area contributed by atoms with Crippen molar-refractivity contribution in [1.29, 1.82) is 0 Å². The lowest BCUT2D eigenvalue weighted by atomic mass is 9.93. The van der Waals surface area contributed by atoms with Gasteiger partial charge >= 0.3 is 0 Å². The molecule has 1 aromatic carbocycles. The van der Waals surface area contributed by atoms with Crippen LogP contribution in [0.15, 0.2) is 41.9 Å². The summed E-state index contributed by atoms with van der Waals surface area (Å²) in [6.45, 7) is 0. The molecule has 0 bridgehead atoms. The SMILES string of the molecule is Nc1ccc(NC2CCCc3sccc32)c2ncccc12. The van der Waals surface area contributed by atoms with E-state index in [1.165, 1.54) is 29.7 Å². The van der Waals surface area contributed by atoms with Crippen LogP contribution in [0.4, 0.5) is 11.4 Å². The second-order valence-electron chi connectivity index (χ2n) is 5.49. The lowest BCUT2D eigenvalue weighted by molar-refractivity contribution is 0.609. The van der Waals surface area contributed by atoms with E-state index >= 15 is 0 Å². The van der Waals surface area contributed by atoms with Crippen molar-refractivity contribution in [3.8, 4) is 0 Å². The number of thiophene rings is 1. The van der Waals surface area contributed by atoms with Gasteiger partial charge in [-0.3, -0.25) is 4.98 Å². The van der Waals surface area contributed by atoms with Crippen molar-refractivity contribution in [2.45, 2.75) is 25.3 Å². The topological polar surface area (TPSA) is 50.9 Å². The van der Waals surface area contributed by atoms with Crippen LogP contribution in [-0.4, -0.2) is 4.98 Å². The molecule has 106 valence electrons. The van der Waals surface area contributed by atoms with Crippen LogP contribution in [0.5, 0.6) is 0 Å². The van der Waals surface area contributed by atoms with Crippen LogP contribution in [0.1, 0.15) is 29.3 Å². The van der Waals surface area contributed by atoms with Crippen molar-refractivity contribution >= 4 is 33.6 Å². The van der Waals surface area contributed by atoms with Crippen molar-refractivity contribution in [3.63, 3.8) is 0 Å². The number of hydrogen-bond acceptors (Lipinski definition) is 4. The first-order valence-corrected chi connectivity index (χ1v) is 8.17. The lowest BCUT2D eigenvalue weighted by Gasteiger charge is -2.25. The Labute approximate surface area is 127 Å². The fraction of sp³-hybridized carbons (Fsp3) is 0.235. The predicted octanol–water partition coefficient (Wildman–Crippen LogP) is 4.37. The number of nitrogens with two attached hydrogens (primary N) is 1. The van der Waals surface area contributed by atoms with Crippen LogP contribution in [0.3, 0.4) is 0 Å². The molecule has 0 fully saturated rings. The van der Waals surface area contributed by atoms with Gasteiger partial charge in [-0.15, -0.1) is 11.3 Å². The average Bonchev–Trinajstić information content (AvgIpc) is 3.00. The van der Waals surface area contributed by atoms with E-state index in [1.54, 1.807) is 0 Å². The number of fused-ring (bicyclic) bond motifs is 2. The first-order chi connectivity index (χ1) is 10.3. The van der Waals surface area contributed by atoms with Gasteiger partial charge in [0.2, 0.25) is 0 Å². The molecular formula is C17H17N3S. The Morgan fingerprint density at radius 1 is 1.24 bits per heavy atom. The first-order valence-electron chi connectivity index (χ1n) is 7.29. The van der Waals surface area contributed by atoms with Gasteiger partial charge in [0.05, 0.1) is 17.2 Å². The number of aromatic nitrogens is 1. The van der Waals surface area contributed by atoms with Gasteiger partial charge in [0.1, 0.15) is 0 Å². The number of nitrogen functional groups attached to an aromatic ring is 1. The number of rotatable bonds is 2. The molecule has 1 unspecified atom stereocenters. The van der Waals surface area contributed by atoms with E-state index in [0.29, 0.717) is 6.04 Å². The zero-order chi connectivity index (χ0) is 14.2. The number of hydrogen-bond donors (Lipinski definition) is 2. The highest BCUT2D eigenvalue weighted by molar-refractivity contribution is 7.10. The largest absolute Gasteiger partial charge is 0.398 e. The highest BCUT2D eigenvalue weighted by Gasteiger charge is 2.21. The number of aryl methyl sites for hydroxylation is 1. The number of anilines is 2. The molecular weight excluding hydrogens is 278 g/mol. The van der Waals surface area contributed by atoms with Crippen LogP contribution < -0.4 is 11.1 Å². The van der Waals surface area contributed by atoms with Crippen molar-refractivity contribution in [1.82, 2.24) is 4.98 Å². The number of pyridine rings is 1. The molecule has 0 aliphatic heterocycles. The van der Waals surface area contributed by atoms with Gasteiger partial charge in [-0.1, -0.05) is 0 Å². The van der Waals surface area contributed by atoms with E-state index < -0.39 is 0 Å². The van der Waals surface area contributed by atoms with E-state index in [1.807, 2.05) is 41.8 Å². The van der Waals surface area contributed by atoms with Gasteiger partial charge in [-0.2, -0.15) is 0 Å². The Kier molecular flexibility index (Phi) is 3.04. The molecule has 0 amide bonds. The second kappa shape index (κ2) is 5.04. The molecule has 2 aromatic heterocycles. The van der Waals surface area contributed by atoms with Gasteiger partial charge in [-0.05, 0) is 60.5 Å². The Balaban J connectivity index is 1.75. The molecule has 1 aliphatic carbocycles. The molecule has 3 N–H and O–H groups in total. The maximum Gasteiger partial charge on any atom is 0.0954 e. The second-order valence-corrected chi connectivity index (χ2v) is 6.49. The van der Waals surface area contributed by atoms with Gasteiger partial charge < -0.3 is 11.1 Å². The van der Waals surface area contributed by atoms with Crippen LogP contribution in [0.25, 0.3) is 10.9 Å². The van der Waals surface area contributed by atoms with Gasteiger partial charge in [-0.25, -0.2) is 0 Å². The third kappa shape index (κ3) is 2.16. The first kappa shape index (κ1) is 12.7. The smallest absolute Gasteiger partial charge is 0.0954 e. The number of nitrogens with zero attached hydrogens (tertiary/aromatic N) is 1. The lowest BCUT2D eigenvalue weighted by Crippen LogP contribution is -2.16. The van der Waals surface area contributed by atoms with Crippen molar-refractivity contribution in [2.24, 2.45) is 0 Å². The summed E-state index contributed by atoms with van der Waals surface area (Å²) < 4.78 is 0. The van der Waals surface area contributed by atoms with E-state index in [2.05, 4.69) is 21.7 Å². The molecule has 4 heteroatoms. The quantitative estimate of drug-likeness (QED) is 0.690. The fourth-order valence-electron chi connectivity index (χ4n) is 3.14. The van der Waals surface area contributed by atoms with Gasteiger partial charge in [0, 0.05) is 22.1 Å². The summed E-state index contributed by atoms with van der Waals surface area (Å²) in [7, 11) is 0. The molecule has 1 aliphatic rings. The van der Waals surface area contributed by atoms with Crippen molar-refractivity contribution in [3.05, 3.63) is 52.3 Å². The van der Waals surface area contributed by atoms with E-state index in [4.69, 9.17) is 5.73 Å². The third-order valence-electron chi connectivity index (χ3n) is 4.19. The van der Waals surface area contributed by atoms with Gasteiger partial charge in [0.15, 0.2) is 0 Å². The molecule has 0 spiro atoms. The predicted molar refractivity (Wildman–Crippen MR) is 89.8 cm³/mol. The number of nitrogens with one attached hydrogen (secondary N) is 1. The highest BCUT2D eigenvalue weighted by Crippen LogP contribution is 2.37. The molecule has 2 heterocycles. The van der Waals surface area contributed by atoms with Gasteiger partial charge in [0.25, 0.3) is 0 Å². The molecule has 1 atom stereocenters. The van der Waals surface area contributed by atoms with E-state index in [9.17, 15) is 0 Å². The summed E-state index contributed by atoms with van der Waals surface area (Å²) in [5.41, 5.74) is 10.3. The van der Waals surface area contributed by atoms with Crippen molar-refractivity contribution < 1.29 is 0 Å².